The minimum atomic E-state index is -1.38. The monoisotopic (exact) mass is 281 g/mol. The number of methoxy groups -OCH3 is 1. The van der Waals surface area contributed by atoms with Gasteiger partial charge in [0.15, 0.2) is 11.5 Å². The fraction of sp³-hybridized carbons (Fsp3) is 0.462. The van der Waals surface area contributed by atoms with E-state index in [1.54, 1.807) is 0 Å². The molecule has 0 saturated heterocycles. The van der Waals surface area contributed by atoms with Crippen LogP contribution in [0.3, 0.4) is 0 Å². The number of hydrogen-bond acceptors (Lipinski definition) is 5. The van der Waals surface area contributed by atoms with Crippen molar-refractivity contribution in [1.29, 1.82) is 0 Å². The van der Waals surface area contributed by atoms with E-state index in [2.05, 4.69) is 0 Å². The zero-order chi connectivity index (χ0) is 14.7. The summed E-state index contributed by atoms with van der Waals surface area (Å²) < 4.78 is 10.5. The number of hydrogen-bond donors (Lipinski definition) is 1. The van der Waals surface area contributed by atoms with Gasteiger partial charge in [-0.05, 0) is 12.3 Å². The molecule has 0 radical (unpaired) electrons. The minimum Gasteiger partial charge on any atom is -0.493 e. The topological polar surface area (TPSA) is 98.9 Å². The number of carboxylic acid groups (broad SMARTS) is 1. The molecule has 1 N–H and O–H groups in total. The van der Waals surface area contributed by atoms with Crippen LogP contribution in [0.5, 0.6) is 11.5 Å². The Hall–Kier alpha value is -2.31. The maximum absolute atomic E-state index is 11.0. The third kappa shape index (κ3) is 3.17. The molecule has 0 spiro atoms. The van der Waals surface area contributed by atoms with Crippen molar-refractivity contribution in [2.24, 2.45) is 5.92 Å². The number of carbonyl (C=O) groups is 1. The third-order valence-electron chi connectivity index (χ3n) is 3.19. The van der Waals surface area contributed by atoms with Crippen LogP contribution < -0.4 is 9.47 Å². The van der Waals surface area contributed by atoms with Crippen LogP contribution in [0.4, 0.5) is 5.69 Å². The van der Waals surface area contributed by atoms with E-state index in [1.165, 1.54) is 20.0 Å². The molecule has 7 nitrogen and oxygen atoms in total. The molecule has 0 aliphatic heterocycles. The molecule has 7 heteroatoms. The van der Waals surface area contributed by atoms with Crippen LogP contribution in [0.15, 0.2) is 12.1 Å². The molecule has 1 aliphatic rings. The van der Waals surface area contributed by atoms with Gasteiger partial charge in [-0.2, -0.15) is 0 Å². The molecule has 108 valence electrons. The molecule has 0 amide bonds. The molecule has 0 heterocycles. The number of carboxylic acids is 1. The van der Waals surface area contributed by atoms with Gasteiger partial charge in [0.2, 0.25) is 0 Å². The molecular formula is C13H15NO6. The summed E-state index contributed by atoms with van der Waals surface area (Å²) in [5.41, 5.74) is -0.916. The van der Waals surface area contributed by atoms with E-state index in [4.69, 9.17) is 14.6 Å². The van der Waals surface area contributed by atoms with Crippen LogP contribution in [0.1, 0.15) is 29.6 Å². The summed E-state index contributed by atoms with van der Waals surface area (Å²) in [7, 11) is 1.36. The predicted octanol–water partition coefficient (Wildman–Crippen LogP) is 2.48. The summed E-state index contributed by atoms with van der Waals surface area (Å²) in [5, 5.41) is 19.9. The van der Waals surface area contributed by atoms with Crippen molar-refractivity contribution in [3.05, 3.63) is 27.8 Å². The van der Waals surface area contributed by atoms with E-state index in [1.807, 2.05) is 0 Å². The zero-order valence-electron chi connectivity index (χ0n) is 11.0. The highest BCUT2D eigenvalue weighted by molar-refractivity contribution is 5.93. The molecule has 1 saturated carbocycles. The highest BCUT2D eigenvalue weighted by Gasteiger charge is 2.25. The van der Waals surface area contributed by atoms with E-state index in [0.29, 0.717) is 12.5 Å². The van der Waals surface area contributed by atoms with Crippen molar-refractivity contribution in [3.8, 4) is 11.5 Å². The van der Waals surface area contributed by atoms with Gasteiger partial charge in [-0.15, -0.1) is 0 Å². The highest BCUT2D eigenvalue weighted by atomic mass is 16.6. The molecule has 1 aliphatic carbocycles. The fourth-order valence-electron chi connectivity index (χ4n) is 1.89. The molecule has 0 aromatic heterocycles. The first-order valence-corrected chi connectivity index (χ1v) is 6.25. The molecule has 0 atom stereocenters. The Morgan fingerprint density at radius 2 is 2.15 bits per heavy atom. The van der Waals surface area contributed by atoms with Crippen molar-refractivity contribution in [2.75, 3.05) is 13.7 Å². The van der Waals surface area contributed by atoms with Gasteiger partial charge < -0.3 is 14.6 Å². The van der Waals surface area contributed by atoms with Crippen LogP contribution in [-0.2, 0) is 0 Å². The molecule has 1 aromatic carbocycles. The number of nitrogens with zero attached hydrogens (tertiary/aromatic N) is 1. The summed E-state index contributed by atoms with van der Waals surface area (Å²) in [6.07, 6.45) is 3.27. The quantitative estimate of drug-likeness (QED) is 0.609. The normalized spacial score (nSPS) is 13.8. The van der Waals surface area contributed by atoms with Gasteiger partial charge in [0.1, 0.15) is 5.56 Å². The van der Waals surface area contributed by atoms with Gasteiger partial charge in [-0.1, -0.05) is 12.8 Å². The SMILES string of the molecule is COc1cc(C(=O)O)c([N+](=O)[O-])cc1OCCC1CC1. The van der Waals surface area contributed by atoms with Crippen LogP contribution in [-0.4, -0.2) is 29.7 Å². The Morgan fingerprint density at radius 3 is 2.65 bits per heavy atom. The van der Waals surface area contributed by atoms with E-state index >= 15 is 0 Å². The lowest BCUT2D eigenvalue weighted by atomic mass is 10.1. The van der Waals surface area contributed by atoms with Gasteiger partial charge in [-0.25, -0.2) is 4.79 Å². The van der Waals surface area contributed by atoms with Crippen molar-refractivity contribution in [1.82, 2.24) is 0 Å². The molecule has 2 rings (SSSR count). The maximum atomic E-state index is 11.0. The summed E-state index contributed by atoms with van der Waals surface area (Å²) in [6.45, 7) is 0.435. The van der Waals surface area contributed by atoms with E-state index in [-0.39, 0.29) is 11.5 Å². The number of nitro groups is 1. The largest absolute Gasteiger partial charge is 0.493 e. The molecule has 0 unspecified atom stereocenters. The van der Waals surface area contributed by atoms with Crippen molar-refractivity contribution in [3.63, 3.8) is 0 Å². The van der Waals surface area contributed by atoms with Crippen LogP contribution in [0, 0.1) is 16.0 Å². The zero-order valence-corrected chi connectivity index (χ0v) is 11.0. The van der Waals surface area contributed by atoms with Crippen LogP contribution >= 0.6 is 0 Å². The second-order valence-electron chi connectivity index (χ2n) is 4.66. The summed E-state index contributed by atoms with van der Waals surface area (Å²) in [4.78, 5) is 21.2. The Bertz CT molecular complexity index is 538. The summed E-state index contributed by atoms with van der Waals surface area (Å²) in [5.74, 6) is -0.317. The Labute approximate surface area is 115 Å². The van der Waals surface area contributed by atoms with Crippen LogP contribution in [0.25, 0.3) is 0 Å². The van der Waals surface area contributed by atoms with Gasteiger partial charge in [0.05, 0.1) is 24.7 Å². The number of benzene rings is 1. The molecule has 1 aromatic rings. The van der Waals surface area contributed by atoms with E-state index < -0.39 is 22.1 Å². The first kappa shape index (κ1) is 14.1. The van der Waals surface area contributed by atoms with Crippen molar-refractivity contribution in [2.45, 2.75) is 19.3 Å². The number of nitro benzene ring substituents is 1. The second kappa shape index (κ2) is 5.77. The lowest BCUT2D eigenvalue weighted by Gasteiger charge is -2.11. The van der Waals surface area contributed by atoms with Gasteiger partial charge >= 0.3 is 5.97 Å². The lowest BCUT2D eigenvalue weighted by molar-refractivity contribution is -0.385. The minimum absolute atomic E-state index is 0.184. The smallest absolute Gasteiger partial charge is 0.342 e. The van der Waals surface area contributed by atoms with Gasteiger partial charge in [0.25, 0.3) is 5.69 Å². The third-order valence-corrected chi connectivity index (χ3v) is 3.19. The summed E-state index contributed by atoms with van der Waals surface area (Å²) >= 11 is 0. The Morgan fingerprint density at radius 1 is 1.45 bits per heavy atom. The average Bonchev–Trinajstić information content (AvgIpc) is 3.21. The van der Waals surface area contributed by atoms with E-state index in [0.717, 1.165) is 18.6 Å². The Balaban J connectivity index is 2.25. The first-order chi connectivity index (χ1) is 9.52. The molecule has 0 bridgehead atoms. The molecule has 1 fully saturated rings. The number of aromatic carboxylic acids is 1. The predicted molar refractivity (Wildman–Crippen MR) is 69.4 cm³/mol. The highest BCUT2D eigenvalue weighted by Crippen LogP contribution is 2.36. The number of rotatable bonds is 7. The lowest BCUT2D eigenvalue weighted by Crippen LogP contribution is -2.06. The maximum Gasteiger partial charge on any atom is 0.342 e. The number of ether oxygens (including phenoxy) is 2. The van der Waals surface area contributed by atoms with E-state index in [9.17, 15) is 14.9 Å². The van der Waals surface area contributed by atoms with Gasteiger partial charge in [0, 0.05) is 6.07 Å². The Kier molecular flexibility index (Phi) is 4.07. The van der Waals surface area contributed by atoms with Crippen molar-refractivity contribution >= 4 is 11.7 Å². The summed E-state index contributed by atoms with van der Waals surface area (Å²) in [6, 6.07) is 2.22. The second-order valence-corrected chi connectivity index (χ2v) is 4.66. The first-order valence-electron chi connectivity index (χ1n) is 6.25. The van der Waals surface area contributed by atoms with Crippen molar-refractivity contribution < 1.29 is 24.3 Å². The average molecular weight is 281 g/mol. The standard InChI is InChI=1S/C13H15NO6/c1-19-11-6-9(13(15)16)10(14(17)18)7-12(11)20-5-4-8-2-3-8/h6-8H,2-5H2,1H3,(H,15,16). The molecular weight excluding hydrogens is 266 g/mol. The van der Waals surface area contributed by atoms with Crippen LogP contribution in [0.2, 0.25) is 0 Å². The van der Waals surface area contributed by atoms with Gasteiger partial charge in [-0.3, -0.25) is 10.1 Å². The fourth-order valence-corrected chi connectivity index (χ4v) is 1.89. The molecule has 20 heavy (non-hydrogen) atoms.